The highest BCUT2D eigenvalue weighted by molar-refractivity contribution is 7.89. The van der Waals surface area contributed by atoms with Crippen molar-refractivity contribution in [1.82, 2.24) is 9.21 Å². The number of nitrogens with one attached hydrogen (secondary N) is 1. The molecule has 1 aliphatic rings. The summed E-state index contributed by atoms with van der Waals surface area (Å²) in [5, 5.41) is 2.59. The number of sulfonamides is 1. The van der Waals surface area contributed by atoms with Gasteiger partial charge in [-0.25, -0.2) is 12.7 Å². The number of rotatable bonds is 5. The number of nitrogens with zero attached hydrogens (tertiary/aromatic N) is 2. The van der Waals surface area contributed by atoms with Crippen LogP contribution in [-0.4, -0.2) is 56.0 Å². The van der Waals surface area contributed by atoms with Crippen LogP contribution in [0.4, 0.5) is 5.69 Å². The first kappa shape index (κ1) is 19.7. The minimum Gasteiger partial charge on any atom is -0.324 e. The molecule has 0 atom stereocenters. The van der Waals surface area contributed by atoms with E-state index in [0.717, 1.165) is 9.21 Å². The smallest absolute Gasteiger partial charge is 0.262 e. The molecular formula is C19H19N3O5S. The number of hydrogen-bond acceptors (Lipinski definition) is 5. The Morgan fingerprint density at radius 1 is 1.04 bits per heavy atom. The fourth-order valence-electron chi connectivity index (χ4n) is 2.82. The molecule has 1 heterocycles. The van der Waals surface area contributed by atoms with E-state index in [1.165, 1.54) is 38.4 Å². The van der Waals surface area contributed by atoms with Crippen molar-refractivity contribution in [1.29, 1.82) is 0 Å². The molecule has 0 radical (unpaired) electrons. The van der Waals surface area contributed by atoms with E-state index in [4.69, 9.17) is 0 Å². The molecule has 0 aromatic heterocycles. The molecule has 28 heavy (non-hydrogen) atoms. The summed E-state index contributed by atoms with van der Waals surface area (Å²) >= 11 is 0. The lowest BCUT2D eigenvalue weighted by molar-refractivity contribution is -0.116. The van der Waals surface area contributed by atoms with Crippen molar-refractivity contribution in [3.8, 4) is 0 Å². The van der Waals surface area contributed by atoms with Gasteiger partial charge in [0.1, 0.15) is 6.54 Å². The van der Waals surface area contributed by atoms with Gasteiger partial charge < -0.3 is 5.32 Å². The van der Waals surface area contributed by atoms with E-state index in [-0.39, 0.29) is 16.0 Å². The molecule has 3 rings (SSSR count). The molecule has 2 aromatic rings. The first-order chi connectivity index (χ1) is 13.1. The molecule has 8 nitrogen and oxygen atoms in total. The SMILES string of the molecule is Cc1ccc(S(=O)(=O)N(C)C)cc1NC(=O)CN1C(=O)c2ccccc2C1=O. The molecule has 0 aliphatic carbocycles. The first-order valence-electron chi connectivity index (χ1n) is 8.41. The van der Waals surface area contributed by atoms with Gasteiger partial charge in [-0.3, -0.25) is 19.3 Å². The molecule has 0 unspecified atom stereocenters. The van der Waals surface area contributed by atoms with Crippen LogP contribution in [-0.2, 0) is 14.8 Å². The lowest BCUT2D eigenvalue weighted by atomic mass is 10.1. The number of amides is 3. The summed E-state index contributed by atoms with van der Waals surface area (Å²) in [6.45, 7) is 1.25. The molecule has 0 saturated heterocycles. The summed E-state index contributed by atoms with van der Waals surface area (Å²) in [6.07, 6.45) is 0. The predicted molar refractivity (Wildman–Crippen MR) is 102 cm³/mol. The number of fused-ring (bicyclic) bond motifs is 1. The molecule has 3 amide bonds. The Kier molecular flexibility index (Phi) is 5.05. The monoisotopic (exact) mass is 401 g/mol. The van der Waals surface area contributed by atoms with Gasteiger partial charge in [0.15, 0.2) is 0 Å². The maximum atomic E-state index is 12.4. The minimum absolute atomic E-state index is 0.0270. The van der Waals surface area contributed by atoms with E-state index < -0.39 is 34.3 Å². The highest BCUT2D eigenvalue weighted by atomic mass is 32.2. The third kappa shape index (κ3) is 3.41. The van der Waals surface area contributed by atoms with Crippen LogP contribution in [0, 0.1) is 6.92 Å². The molecule has 1 N–H and O–H groups in total. The van der Waals surface area contributed by atoms with Gasteiger partial charge in [-0.1, -0.05) is 18.2 Å². The average molecular weight is 401 g/mol. The lowest BCUT2D eigenvalue weighted by Crippen LogP contribution is -2.37. The maximum absolute atomic E-state index is 12.4. The van der Waals surface area contributed by atoms with Gasteiger partial charge >= 0.3 is 0 Å². The second-order valence-corrected chi connectivity index (χ2v) is 8.71. The van der Waals surface area contributed by atoms with Crippen molar-refractivity contribution in [2.75, 3.05) is 26.0 Å². The second-order valence-electron chi connectivity index (χ2n) is 6.55. The van der Waals surface area contributed by atoms with Crippen LogP contribution in [0.5, 0.6) is 0 Å². The maximum Gasteiger partial charge on any atom is 0.262 e. The van der Waals surface area contributed by atoms with E-state index in [1.807, 2.05) is 0 Å². The molecule has 146 valence electrons. The van der Waals surface area contributed by atoms with Gasteiger partial charge in [0.05, 0.1) is 16.0 Å². The van der Waals surface area contributed by atoms with Gasteiger partial charge in [-0.15, -0.1) is 0 Å². The summed E-state index contributed by atoms with van der Waals surface area (Å²) in [5.74, 6) is -1.66. The van der Waals surface area contributed by atoms with Crippen molar-refractivity contribution in [3.05, 3.63) is 59.2 Å². The van der Waals surface area contributed by atoms with Crippen LogP contribution in [0.3, 0.4) is 0 Å². The third-order valence-electron chi connectivity index (χ3n) is 4.44. The summed E-state index contributed by atoms with van der Waals surface area (Å²) in [4.78, 5) is 38.1. The topological polar surface area (TPSA) is 104 Å². The standard InChI is InChI=1S/C19H19N3O5S/c1-12-8-9-13(28(26,27)21(2)3)10-16(12)20-17(23)11-22-18(24)14-6-4-5-7-15(14)19(22)25/h4-10H,11H2,1-3H3,(H,20,23). The van der Waals surface area contributed by atoms with Crippen LogP contribution in [0.2, 0.25) is 0 Å². The summed E-state index contributed by atoms with van der Waals surface area (Å²) < 4.78 is 25.6. The zero-order chi connectivity index (χ0) is 20.6. The first-order valence-corrected chi connectivity index (χ1v) is 9.85. The fraction of sp³-hybridized carbons (Fsp3) is 0.211. The van der Waals surface area contributed by atoms with Gasteiger partial charge in [0.25, 0.3) is 11.8 Å². The van der Waals surface area contributed by atoms with Crippen molar-refractivity contribution >= 4 is 33.4 Å². The molecule has 2 aromatic carbocycles. The average Bonchev–Trinajstić information content (AvgIpc) is 2.88. The summed E-state index contributed by atoms with van der Waals surface area (Å²) in [6, 6.07) is 10.7. The van der Waals surface area contributed by atoms with Crippen LogP contribution < -0.4 is 5.32 Å². The molecule has 1 aliphatic heterocycles. The Labute approximate surface area is 162 Å². The highest BCUT2D eigenvalue weighted by Crippen LogP contribution is 2.24. The lowest BCUT2D eigenvalue weighted by Gasteiger charge is -2.16. The van der Waals surface area contributed by atoms with Gasteiger partial charge in [0, 0.05) is 19.8 Å². The molecule has 0 saturated carbocycles. The van der Waals surface area contributed by atoms with E-state index in [9.17, 15) is 22.8 Å². The highest BCUT2D eigenvalue weighted by Gasteiger charge is 2.36. The largest absolute Gasteiger partial charge is 0.324 e. The third-order valence-corrected chi connectivity index (χ3v) is 6.25. The number of carbonyl (C=O) groups is 3. The molecular weight excluding hydrogens is 382 g/mol. The van der Waals surface area contributed by atoms with E-state index in [0.29, 0.717) is 11.3 Å². The van der Waals surface area contributed by atoms with Crippen LogP contribution in [0.1, 0.15) is 26.3 Å². The molecule has 9 heteroatoms. The summed E-state index contributed by atoms with van der Waals surface area (Å²) in [5.41, 5.74) is 1.46. The van der Waals surface area contributed by atoms with E-state index in [2.05, 4.69) is 5.32 Å². The minimum atomic E-state index is -3.66. The number of carbonyl (C=O) groups excluding carboxylic acids is 3. The Hall–Kier alpha value is -3.04. The quantitative estimate of drug-likeness (QED) is 0.765. The molecule has 0 fully saturated rings. The Morgan fingerprint density at radius 2 is 1.61 bits per heavy atom. The predicted octanol–water partition coefficient (Wildman–Crippen LogP) is 1.48. The van der Waals surface area contributed by atoms with Crippen LogP contribution >= 0.6 is 0 Å². The van der Waals surface area contributed by atoms with E-state index >= 15 is 0 Å². The number of benzene rings is 2. The van der Waals surface area contributed by atoms with Gasteiger partial charge in [-0.05, 0) is 36.8 Å². The number of hydrogen-bond donors (Lipinski definition) is 1. The Balaban J connectivity index is 1.80. The summed E-state index contributed by atoms with van der Waals surface area (Å²) in [7, 11) is -0.840. The van der Waals surface area contributed by atoms with Crippen molar-refractivity contribution in [3.63, 3.8) is 0 Å². The normalized spacial score (nSPS) is 13.8. The fourth-order valence-corrected chi connectivity index (χ4v) is 3.75. The van der Waals surface area contributed by atoms with Crippen molar-refractivity contribution < 1.29 is 22.8 Å². The molecule has 0 spiro atoms. The second kappa shape index (κ2) is 7.17. The Bertz CT molecular complexity index is 1060. The number of anilines is 1. The number of aryl methyl sites for hydroxylation is 1. The van der Waals surface area contributed by atoms with E-state index in [1.54, 1.807) is 25.1 Å². The van der Waals surface area contributed by atoms with Gasteiger partial charge in [-0.2, -0.15) is 0 Å². The zero-order valence-corrected chi connectivity index (χ0v) is 16.4. The van der Waals surface area contributed by atoms with Crippen molar-refractivity contribution in [2.24, 2.45) is 0 Å². The van der Waals surface area contributed by atoms with Crippen molar-refractivity contribution in [2.45, 2.75) is 11.8 Å². The van der Waals surface area contributed by atoms with Crippen LogP contribution in [0.15, 0.2) is 47.4 Å². The number of imide groups is 1. The van der Waals surface area contributed by atoms with Gasteiger partial charge in [0.2, 0.25) is 15.9 Å². The van der Waals surface area contributed by atoms with Crippen LogP contribution in [0.25, 0.3) is 0 Å². The zero-order valence-electron chi connectivity index (χ0n) is 15.6. The Morgan fingerprint density at radius 3 is 2.14 bits per heavy atom. The molecule has 0 bridgehead atoms.